The number of ketones is 1. The first kappa shape index (κ1) is 16.2. The van der Waals surface area contributed by atoms with Crippen LogP contribution >= 0.6 is 0 Å². The van der Waals surface area contributed by atoms with Gasteiger partial charge in [-0.2, -0.15) is 0 Å². The van der Waals surface area contributed by atoms with Crippen LogP contribution in [0.1, 0.15) is 55.5 Å². The molecule has 0 spiro atoms. The molecule has 1 saturated carbocycles. The molecule has 1 aliphatic rings. The largest absolute Gasteiger partial charge is 0.294 e. The molecule has 5 heteroatoms. The Morgan fingerprint density at radius 3 is 2.24 bits per heavy atom. The van der Waals surface area contributed by atoms with E-state index in [-0.39, 0.29) is 17.6 Å². The lowest BCUT2D eigenvalue weighted by Crippen LogP contribution is -2.33. The van der Waals surface area contributed by atoms with Gasteiger partial charge in [-0.25, -0.2) is 13.1 Å². The molecule has 1 unspecified atom stereocenters. The first-order chi connectivity index (χ1) is 9.81. The van der Waals surface area contributed by atoms with Crippen molar-refractivity contribution in [3.05, 3.63) is 35.4 Å². The lowest BCUT2D eigenvalue weighted by Gasteiger charge is -2.15. The second kappa shape index (κ2) is 6.28. The average Bonchev–Trinajstić information content (AvgIpc) is 3.28. The molecule has 1 fully saturated rings. The Labute approximate surface area is 127 Å². The molecule has 0 aliphatic heterocycles. The Morgan fingerprint density at radius 2 is 1.76 bits per heavy atom. The number of sulfonamides is 1. The fourth-order valence-corrected chi connectivity index (χ4v) is 2.90. The monoisotopic (exact) mass is 309 g/mol. The quantitative estimate of drug-likeness (QED) is 0.788. The summed E-state index contributed by atoms with van der Waals surface area (Å²) in [4.78, 5) is 11.9. The predicted molar refractivity (Wildman–Crippen MR) is 84.0 cm³/mol. The molecule has 0 saturated heterocycles. The zero-order valence-electron chi connectivity index (χ0n) is 12.8. The third-order valence-electron chi connectivity index (χ3n) is 3.92. The summed E-state index contributed by atoms with van der Waals surface area (Å²) in [5.74, 6) is 0.532. The van der Waals surface area contributed by atoms with Gasteiger partial charge in [0.25, 0.3) is 0 Å². The van der Waals surface area contributed by atoms with Crippen molar-refractivity contribution >= 4 is 15.8 Å². The highest BCUT2D eigenvalue weighted by molar-refractivity contribution is 7.90. The number of Topliss-reactive ketones (excluding diaryl/α,β-unsaturated/α-hetero) is 1. The van der Waals surface area contributed by atoms with E-state index in [0.717, 1.165) is 24.0 Å². The van der Waals surface area contributed by atoms with E-state index in [4.69, 9.17) is 0 Å². The minimum atomic E-state index is -3.23. The first-order valence-corrected chi connectivity index (χ1v) is 8.98. The van der Waals surface area contributed by atoms with E-state index in [1.807, 2.05) is 31.2 Å². The molecule has 2 rings (SSSR count). The minimum absolute atomic E-state index is 0.0728. The Hall–Kier alpha value is -1.20. The number of benzene rings is 1. The van der Waals surface area contributed by atoms with Gasteiger partial charge >= 0.3 is 0 Å². The van der Waals surface area contributed by atoms with Crippen LogP contribution in [0, 0.1) is 5.92 Å². The van der Waals surface area contributed by atoms with Crippen molar-refractivity contribution in [1.82, 2.24) is 4.72 Å². The van der Waals surface area contributed by atoms with Gasteiger partial charge in [0, 0.05) is 18.0 Å². The predicted octanol–water partition coefficient (Wildman–Crippen LogP) is 2.71. The molecule has 1 N–H and O–H groups in total. The average molecular weight is 309 g/mol. The van der Waals surface area contributed by atoms with Crippen LogP contribution in [0.15, 0.2) is 24.3 Å². The molecule has 1 aromatic rings. The van der Waals surface area contributed by atoms with E-state index < -0.39 is 15.3 Å². The molecule has 0 amide bonds. The number of hydrogen-bond donors (Lipinski definition) is 1. The zero-order chi connectivity index (χ0) is 15.6. The van der Waals surface area contributed by atoms with Crippen LogP contribution in [0.4, 0.5) is 0 Å². The van der Waals surface area contributed by atoms with E-state index in [1.54, 1.807) is 13.8 Å². The highest BCUT2D eigenvalue weighted by Crippen LogP contribution is 2.32. The molecular formula is C16H23NO3S. The van der Waals surface area contributed by atoms with Crippen LogP contribution in [-0.2, 0) is 10.0 Å². The maximum absolute atomic E-state index is 11.9. The summed E-state index contributed by atoms with van der Waals surface area (Å²) in [6.07, 6.45) is 2.02. The summed E-state index contributed by atoms with van der Waals surface area (Å²) in [7, 11) is -3.23. The van der Waals surface area contributed by atoms with Gasteiger partial charge in [0.1, 0.15) is 0 Å². The number of carbonyl (C=O) groups excluding carboxylic acids is 1. The smallest absolute Gasteiger partial charge is 0.213 e. The highest BCUT2D eigenvalue weighted by Gasteiger charge is 2.30. The van der Waals surface area contributed by atoms with E-state index >= 15 is 0 Å². The van der Waals surface area contributed by atoms with Crippen molar-refractivity contribution in [3.63, 3.8) is 0 Å². The maximum Gasteiger partial charge on any atom is 0.213 e. The van der Waals surface area contributed by atoms with Crippen LogP contribution in [-0.4, -0.2) is 26.0 Å². The van der Waals surface area contributed by atoms with Crippen molar-refractivity contribution in [2.75, 3.05) is 6.54 Å². The van der Waals surface area contributed by atoms with E-state index in [2.05, 4.69) is 4.72 Å². The van der Waals surface area contributed by atoms with Gasteiger partial charge < -0.3 is 0 Å². The summed E-state index contributed by atoms with van der Waals surface area (Å²) in [6, 6.07) is 7.54. The topological polar surface area (TPSA) is 63.2 Å². The summed E-state index contributed by atoms with van der Waals surface area (Å²) in [6.45, 7) is 5.66. The maximum atomic E-state index is 11.9. The van der Waals surface area contributed by atoms with Crippen molar-refractivity contribution in [2.24, 2.45) is 5.92 Å². The molecule has 0 radical (unpaired) electrons. The molecular weight excluding hydrogens is 286 g/mol. The summed E-state index contributed by atoms with van der Waals surface area (Å²) >= 11 is 0. The van der Waals surface area contributed by atoms with Crippen LogP contribution in [0.2, 0.25) is 0 Å². The van der Waals surface area contributed by atoms with Crippen molar-refractivity contribution in [2.45, 2.75) is 44.8 Å². The fourth-order valence-electron chi connectivity index (χ4n) is 2.08. The van der Waals surface area contributed by atoms with Gasteiger partial charge in [-0.1, -0.05) is 31.2 Å². The Morgan fingerprint density at radius 1 is 1.19 bits per heavy atom. The second-order valence-corrected chi connectivity index (χ2v) is 8.43. The summed E-state index contributed by atoms with van der Waals surface area (Å²) in [5, 5.41) is -0.428. The van der Waals surface area contributed by atoms with Crippen molar-refractivity contribution in [3.8, 4) is 0 Å². The molecule has 1 aliphatic carbocycles. The van der Waals surface area contributed by atoms with Crippen molar-refractivity contribution < 1.29 is 13.2 Å². The lowest BCUT2D eigenvalue weighted by atomic mass is 9.98. The fraction of sp³-hybridized carbons (Fsp3) is 0.562. The number of hydrogen-bond acceptors (Lipinski definition) is 3. The normalized spacial score (nSPS) is 17.0. The zero-order valence-corrected chi connectivity index (χ0v) is 13.6. The van der Waals surface area contributed by atoms with E-state index in [1.165, 1.54) is 0 Å². The van der Waals surface area contributed by atoms with Crippen LogP contribution in [0.5, 0.6) is 0 Å². The summed E-state index contributed by atoms with van der Waals surface area (Å²) < 4.78 is 26.1. The molecule has 0 heterocycles. The van der Waals surface area contributed by atoms with Gasteiger partial charge in [0.15, 0.2) is 5.78 Å². The minimum Gasteiger partial charge on any atom is -0.294 e. The Balaban J connectivity index is 1.96. The van der Waals surface area contributed by atoms with E-state index in [9.17, 15) is 13.2 Å². The third kappa shape index (κ3) is 4.14. The molecule has 0 bridgehead atoms. The van der Waals surface area contributed by atoms with Gasteiger partial charge in [-0.05, 0) is 38.2 Å². The number of carbonyl (C=O) groups is 1. The van der Waals surface area contributed by atoms with Gasteiger partial charge in [-0.3, -0.25) is 4.79 Å². The van der Waals surface area contributed by atoms with E-state index in [0.29, 0.717) is 6.54 Å². The Kier molecular flexibility index (Phi) is 4.84. The molecule has 4 nitrogen and oxygen atoms in total. The van der Waals surface area contributed by atoms with Crippen LogP contribution in [0.3, 0.4) is 0 Å². The number of nitrogens with one attached hydrogen (secondary N) is 1. The molecule has 116 valence electrons. The molecule has 0 aromatic heterocycles. The van der Waals surface area contributed by atoms with Gasteiger partial charge in [0.2, 0.25) is 10.0 Å². The second-order valence-electron chi connectivity index (χ2n) is 6.10. The molecule has 21 heavy (non-hydrogen) atoms. The Bertz CT molecular complexity index is 601. The third-order valence-corrected chi connectivity index (χ3v) is 5.73. The van der Waals surface area contributed by atoms with Gasteiger partial charge in [0.05, 0.1) is 5.25 Å². The standard InChI is InChI=1S/C16H23NO3S/c1-11(2)21(19,20)17-10-12(3)13-4-6-14(7-5-13)16(18)15-8-9-15/h4-7,11-12,15,17H,8-10H2,1-3H3. The molecule has 1 atom stereocenters. The SMILES string of the molecule is CC(CNS(=O)(=O)C(C)C)c1ccc(C(=O)C2CC2)cc1. The first-order valence-electron chi connectivity index (χ1n) is 7.44. The van der Waals surface area contributed by atoms with Crippen LogP contribution in [0.25, 0.3) is 0 Å². The van der Waals surface area contributed by atoms with Crippen molar-refractivity contribution in [1.29, 1.82) is 0 Å². The lowest BCUT2D eigenvalue weighted by molar-refractivity contribution is 0.0967. The van der Waals surface area contributed by atoms with Crippen LogP contribution < -0.4 is 4.72 Å². The number of rotatable bonds is 7. The molecule has 1 aromatic carbocycles. The summed E-state index contributed by atoms with van der Waals surface area (Å²) in [5.41, 5.74) is 1.80. The highest BCUT2D eigenvalue weighted by atomic mass is 32.2. The van der Waals surface area contributed by atoms with Gasteiger partial charge in [-0.15, -0.1) is 0 Å².